The third kappa shape index (κ3) is 7.13. The first kappa shape index (κ1) is 29.2. The van der Waals surface area contributed by atoms with Crippen molar-refractivity contribution < 1.29 is 14.0 Å². The minimum absolute atomic E-state index is 0. The highest BCUT2D eigenvalue weighted by molar-refractivity contribution is 7.59. The largest absolute Gasteiger partial charge is 0.369 e. The van der Waals surface area contributed by atoms with Gasteiger partial charge in [-0.2, -0.15) is 13.5 Å². The molecular weight excluding hydrogens is 521 g/mol. The van der Waals surface area contributed by atoms with Gasteiger partial charge in [0.1, 0.15) is 18.0 Å². The van der Waals surface area contributed by atoms with Crippen LogP contribution in [0.3, 0.4) is 0 Å². The van der Waals surface area contributed by atoms with Crippen LogP contribution < -0.4 is 21.3 Å². The molecule has 204 valence electrons. The van der Waals surface area contributed by atoms with Gasteiger partial charge < -0.3 is 21.3 Å². The number of carbonyl (C=O) groups is 2. The smallest absolute Gasteiger partial charge is 0.251 e. The first-order valence-electron chi connectivity index (χ1n) is 12.0. The van der Waals surface area contributed by atoms with Crippen LogP contribution in [0.25, 0.3) is 22.2 Å². The minimum Gasteiger partial charge on any atom is -0.369 e. The maximum absolute atomic E-state index is 14.7. The van der Waals surface area contributed by atoms with Crippen LogP contribution in [0, 0.1) is 5.82 Å². The molecular formula is C26H30FN9O2S. The standard InChI is InChI=1S/C26H28FN9O2.H2S/c1-15(18-4-5-20(27)23-19(25(38)28-3)6-7-30-24(18)23)11-32-22-10-21(35-14-36-22)17-12-33-26(34-13-17)31-9-8-29-16(2)37;/h4-7,10,12-15H,8-9,11H2,1-3H3,(H,28,38)(H,29,37)(H,31,33,34)(H,32,35,36);1H2/t15-;/m1./s1. The zero-order valence-electron chi connectivity index (χ0n) is 21.7. The average molecular weight is 552 g/mol. The van der Waals surface area contributed by atoms with E-state index in [0.717, 1.165) is 5.56 Å². The molecule has 13 heteroatoms. The van der Waals surface area contributed by atoms with Gasteiger partial charge in [-0.25, -0.2) is 24.3 Å². The fourth-order valence-corrected chi connectivity index (χ4v) is 3.91. The van der Waals surface area contributed by atoms with Crippen LogP contribution in [-0.4, -0.2) is 63.4 Å². The molecule has 4 N–H and O–H groups in total. The molecule has 0 aliphatic heterocycles. The van der Waals surface area contributed by atoms with Gasteiger partial charge in [0.15, 0.2) is 0 Å². The van der Waals surface area contributed by atoms with E-state index in [0.29, 0.717) is 48.2 Å². The molecule has 0 fully saturated rings. The van der Waals surface area contributed by atoms with E-state index in [1.807, 2.05) is 6.92 Å². The van der Waals surface area contributed by atoms with Gasteiger partial charge in [-0.05, 0) is 17.7 Å². The fraction of sp³-hybridized carbons (Fsp3) is 0.269. The summed E-state index contributed by atoms with van der Waals surface area (Å²) in [6.45, 7) is 4.91. The normalized spacial score (nSPS) is 11.3. The molecule has 4 aromatic rings. The number of halogens is 1. The molecule has 39 heavy (non-hydrogen) atoms. The third-order valence-electron chi connectivity index (χ3n) is 5.86. The summed E-state index contributed by atoms with van der Waals surface area (Å²) in [4.78, 5) is 44.8. The van der Waals surface area contributed by atoms with Gasteiger partial charge >= 0.3 is 0 Å². The molecule has 2 amide bonds. The number of hydrogen-bond acceptors (Lipinski definition) is 9. The maximum atomic E-state index is 14.7. The van der Waals surface area contributed by atoms with E-state index in [-0.39, 0.29) is 42.2 Å². The molecule has 1 atom stereocenters. The molecule has 0 saturated carbocycles. The molecule has 0 radical (unpaired) electrons. The maximum Gasteiger partial charge on any atom is 0.251 e. The lowest BCUT2D eigenvalue weighted by atomic mass is 9.95. The topological polar surface area (TPSA) is 147 Å². The van der Waals surface area contributed by atoms with Gasteiger partial charge in [-0.1, -0.05) is 13.0 Å². The van der Waals surface area contributed by atoms with Crippen molar-refractivity contribution >= 4 is 48.0 Å². The second kappa shape index (κ2) is 13.4. The molecule has 0 saturated heterocycles. The van der Waals surface area contributed by atoms with E-state index < -0.39 is 5.82 Å². The third-order valence-corrected chi connectivity index (χ3v) is 5.86. The molecule has 3 heterocycles. The zero-order chi connectivity index (χ0) is 27.1. The first-order valence-corrected chi connectivity index (χ1v) is 12.0. The van der Waals surface area contributed by atoms with Crippen molar-refractivity contribution in [2.24, 2.45) is 0 Å². The van der Waals surface area contributed by atoms with Crippen LogP contribution in [0.2, 0.25) is 0 Å². The van der Waals surface area contributed by atoms with Crippen molar-refractivity contribution in [2.45, 2.75) is 19.8 Å². The van der Waals surface area contributed by atoms with E-state index in [1.54, 1.807) is 24.5 Å². The van der Waals surface area contributed by atoms with Gasteiger partial charge in [0.2, 0.25) is 11.9 Å². The number of pyridine rings is 1. The van der Waals surface area contributed by atoms with E-state index in [2.05, 4.69) is 46.2 Å². The van der Waals surface area contributed by atoms with Crippen molar-refractivity contribution in [1.29, 1.82) is 0 Å². The second-order valence-corrected chi connectivity index (χ2v) is 8.57. The molecule has 4 rings (SSSR count). The van der Waals surface area contributed by atoms with E-state index in [9.17, 15) is 14.0 Å². The van der Waals surface area contributed by atoms with Crippen molar-refractivity contribution in [3.05, 3.63) is 66.1 Å². The summed E-state index contributed by atoms with van der Waals surface area (Å²) in [6.07, 6.45) is 6.27. The van der Waals surface area contributed by atoms with Crippen LogP contribution in [0.5, 0.6) is 0 Å². The van der Waals surface area contributed by atoms with E-state index >= 15 is 0 Å². The summed E-state index contributed by atoms with van der Waals surface area (Å²) in [5.74, 6) is 0.0150. The van der Waals surface area contributed by atoms with Gasteiger partial charge in [0.05, 0.1) is 16.8 Å². The Bertz CT molecular complexity index is 1450. The minimum atomic E-state index is -0.493. The number of benzene rings is 1. The summed E-state index contributed by atoms with van der Waals surface area (Å²) in [7, 11) is 1.51. The SMILES string of the molecule is CNC(=O)c1ccnc2c([C@H](C)CNc3cc(-c4cnc(NCCNC(C)=O)nc4)ncn3)ccc(F)c12.S. The van der Waals surface area contributed by atoms with Crippen LogP contribution >= 0.6 is 13.5 Å². The summed E-state index contributed by atoms with van der Waals surface area (Å²) >= 11 is 0. The predicted octanol–water partition coefficient (Wildman–Crippen LogP) is 2.86. The number of carbonyl (C=O) groups excluding carboxylic acids is 2. The predicted molar refractivity (Wildman–Crippen MR) is 153 cm³/mol. The van der Waals surface area contributed by atoms with Crippen LogP contribution in [0.4, 0.5) is 16.2 Å². The number of fused-ring (bicyclic) bond motifs is 1. The van der Waals surface area contributed by atoms with Crippen molar-refractivity contribution in [1.82, 2.24) is 35.6 Å². The Labute approximate surface area is 231 Å². The molecule has 1 aromatic carbocycles. The average Bonchev–Trinajstić information content (AvgIpc) is 2.94. The molecule has 3 aromatic heterocycles. The number of anilines is 2. The van der Waals surface area contributed by atoms with Crippen molar-refractivity contribution in [2.75, 3.05) is 37.3 Å². The number of hydrogen-bond donors (Lipinski definition) is 4. The number of nitrogens with zero attached hydrogens (tertiary/aromatic N) is 5. The fourth-order valence-electron chi connectivity index (χ4n) is 3.91. The molecule has 0 spiro atoms. The van der Waals surface area contributed by atoms with Gasteiger partial charge in [0, 0.05) is 75.1 Å². The quantitative estimate of drug-likeness (QED) is 0.219. The van der Waals surface area contributed by atoms with Crippen molar-refractivity contribution in [3.8, 4) is 11.3 Å². The molecule has 0 aliphatic carbocycles. The highest BCUT2D eigenvalue weighted by atomic mass is 32.1. The van der Waals surface area contributed by atoms with Crippen LogP contribution in [0.15, 0.2) is 49.2 Å². The van der Waals surface area contributed by atoms with Gasteiger partial charge in [0.25, 0.3) is 5.91 Å². The Morgan fingerprint density at radius 3 is 2.49 bits per heavy atom. The number of rotatable bonds is 10. The summed E-state index contributed by atoms with van der Waals surface area (Å²) in [6, 6.07) is 6.36. The van der Waals surface area contributed by atoms with E-state index in [1.165, 1.54) is 38.6 Å². The lowest BCUT2D eigenvalue weighted by Gasteiger charge is -2.17. The molecule has 11 nitrogen and oxygen atoms in total. The van der Waals surface area contributed by atoms with Gasteiger partial charge in [-0.3, -0.25) is 14.6 Å². The zero-order valence-corrected chi connectivity index (χ0v) is 22.7. The Hall–Kier alpha value is -4.39. The first-order chi connectivity index (χ1) is 18.4. The second-order valence-electron chi connectivity index (χ2n) is 8.57. The Morgan fingerprint density at radius 1 is 1.00 bits per heavy atom. The Balaban J connectivity index is 0.00000420. The number of nitrogens with one attached hydrogen (secondary N) is 4. The summed E-state index contributed by atoms with van der Waals surface area (Å²) in [5, 5.41) is 11.8. The lowest BCUT2D eigenvalue weighted by Crippen LogP contribution is -2.26. The highest BCUT2D eigenvalue weighted by Crippen LogP contribution is 2.29. The highest BCUT2D eigenvalue weighted by Gasteiger charge is 2.18. The summed E-state index contributed by atoms with van der Waals surface area (Å²) in [5.41, 5.74) is 2.86. The Kier molecular flexibility index (Phi) is 10.0. The van der Waals surface area contributed by atoms with E-state index in [4.69, 9.17) is 0 Å². The van der Waals surface area contributed by atoms with Crippen LogP contribution in [-0.2, 0) is 4.79 Å². The number of aromatic nitrogens is 5. The Morgan fingerprint density at radius 2 is 1.77 bits per heavy atom. The monoisotopic (exact) mass is 551 g/mol. The van der Waals surface area contributed by atoms with Crippen molar-refractivity contribution in [3.63, 3.8) is 0 Å². The molecule has 0 unspecified atom stereocenters. The van der Waals surface area contributed by atoms with Gasteiger partial charge in [-0.15, -0.1) is 0 Å². The summed E-state index contributed by atoms with van der Waals surface area (Å²) < 4.78 is 14.7. The number of amides is 2. The van der Waals surface area contributed by atoms with Crippen LogP contribution in [0.1, 0.15) is 35.7 Å². The molecule has 0 bridgehead atoms. The molecule has 0 aliphatic rings. The lowest BCUT2D eigenvalue weighted by molar-refractivity contribution is -0.118.